The predicted molar refractivity (Wildman–Crippen MR) is 103 cm³/mol. The van der Waals surface area contributed by atoms with E-state index in [1.54, 1.807) is 24.3 Å². The van der Waals surface area contributed by atoms with Crippen molar-refractivity contribution >= 4 is 45.3 Å². The summed E-state index contributed by atoms with van der Waals surface area (Å²) in [5.74, 6) is 0.590. The zero-order valence-electron chi connectivity index (χ0n) is 13.4. The van der Waals surface area contributed by atoms with Crippen LogP contribution in [-0.2, 0) is 0 Å². The largest absolute Gasteiger partial charge is 0.333 e. The van der Waals surface area contributed by atoms with E-state index in [1.807, 2.05) is 24.4 Å². The van der Waals surface area contributed by atoms with Crippen LogP contribution in [0.5, 0.6) is 0 Å². The molecule has 0 bridgehead atoms. The number of thiophene rings is 1. The highest BCUT2D eigenvalue weighted by atomic mass is 35.5. The number of thiazole rings is 1. The number of hydrogen-bond acceptors (Lipinski definition) is 7. The highest BCUT2D eigenvalue weighted by molar-refractivity contribution is 7.19. The number of hydrogen-bond donors (Lipinski definition) is 1. The summed E-state index contributed by atoms with van der Waals surface area (Å²) in [5, 5.41) is 9.54. The maximum Gasteiger partial charge on any atom is 0.270 e. The highest BCUT2D eigenvalue weighted by Crippen LogP contribution is 2.33. The Morgan fingerprint density at radius 1 is 1.19 bits per heavy atom. The summed E-state index contributed by atoms with van der Waals surface area (Å²) < 4.78 is 5.36. The summed E-state index contributed by atoms with van der Waals surface area (Å²) in [4.78, 5) is 22.8. The number of nitrogens with zero attached hydrogens (tertiary/aromatic N) is 3. The van der Waals surface area contributed by atoms with Crippen molar-refractivity contribution in [3.8, 4) is 21.5 Å². The van der Waals surface area contributed by atoms with Gasteiger partial charge in [0.25, 0.3) is 11.8 Å². The van der Waals surface area contributed by atoms with Crippen LogP contribution >= 0.6 is 34.3 Å². The zero-order valence-corrected chi connectivity index (χ0v) is 15.8. The average Bonchev–Trinajstić information content (AvgIpc) is 3.35. The molecule has 0 spiro atoms. The summed E-state index contributed by atoms with van der Waals surface area (Å²) in [7, 11) is 0. The molecular weight excluding hydrogens is 392 g/mol. The molecule has 0 atom stereocenters. The van der Waals surface area contributed by atoms with E-state index in [0.29, 0.717) is 33.1 Å². The number of benzene rings is 1. The van der Waals surface area contributed by atoms with E-state index >= 15 is 0 Å². The minimum atomic E-state index is -0.319. The molecule has 1 N–H and O–H groups in total. The maximum atomic E-state index is 12.4. The molecule has 0 saturated carbocycles. The van der Waals surface area contributed by atoms with Gasteiger partial charge >= 0.3 is 0 Å². The standard InChI is InChI=1S/C17H11ClN4O2S2/c1-9-13(16-20-14(22-24-16)12-7-4-8-25-12)26-17(19-9)21-15(23)10-5-2-3-6-11(10)18/h2-8H,1H3,(H,19,21,23). The van der Waals surface area contributed by atoms with Crippen LogP contribution in [0.25, 0.3) is 21.5 Å². The van der Waals surface area contributed by atoms with E-state index in [9.17, 15) is 4.79 Å². The SMILES string of the molecule is Cc1nc(NC(=O)c2ccccc2Cl)sc1-c1nc(-c2cccs2)no1. The first-order chi connectivity index (χ1) is 12.6. The van der Waals surface area contributed by atoms with Gasteiger partial charge in [-0.1, -0.05) is 46.3 Å². The Hall–Kier alpha value is -2.55. The molecule has 4 aromatic rings. The van der Waals surface area contributed by atoms with Gasteiger partial charge in [0.15, 0.2) is 5.13 Å². The number of carbonyl (C=O) groups is 1. The average molecular weight is 403 g/mol. The molecule has 0 aliphatic carbocycles. The van der Waals surface area contributed by atoms with Gasteiger partial charge in [-0.15, -0.1) is 11.3 Å². The van der Waals surface area contributed by atoms with E-state index in [2.05, 4.69) is 20.4 Å². The van der Waals surface area contributed by atoms with Crippen LogP contribution in [0.1, 0.15) is 16.1 Å². The van der Waals surface area contributed by atoms with Crippen LogP contribution in [-0.4, -0.2) is 21.0 Å². The van der Waals surface area contributed by atoms with Gasteiger partial charge in [0, 0.05) is 0 Å². The van der Waals surface area contributed by atoms with Crippen molar-refractivity contribution in [3.05, 3.63) is 58.1 Å². The summed E-state index contributed by atoms with van der Waals surface area (Å²) in [6.45, 7) is 1.83. The summed E-state index contributed by atoms with van der Waals surface area (Å²) in [6.07, 6.45) is 0. The Morgan fingerprint density at radius 3 is 2.81 bits per heavy atom. The molecule has 1 amide bonds. The minimum absolute atomic E-state index is 0.319. The van der Waals surface area contributed by atoms with Crippen LogP contribution in [0, 0.1) is 6.92 Å². The van der Waals surface area contributed by atoms with Gasteiger partial charge in [-0.25, -0.2) is 4.98 Å². The number of carbonyl (C=O) groups excluding carboxylic acids is 1. The molecule has 0 aliphatic heterocycles. The highest BCUT2D eigenvalue weighted by Gasteiger charge is 2.19. The Kier molecular flexibility index (Phi) is 4.54. The van der Waals surface area contributed by atoms with Crippen LogP contribution in [0.4, 0.5) is 5.13 Å². The number of amides is 1. The van der Waals surface area contributed by atoms with Gasteiger partial charge in [-0.05, 0) is 30.5 Å². The van der Waals surface area contributed by atoms with Crippen LogP contribution < -0.4 is 5.32 Å². The molecule has 0 aliphatic rings. The number of aryl methyl sites for hydroxylation is 1. The molecule has 0 unspecified atom stereocenters. The zero-order chi connectivity index (χ0) is 18.1. The van der Waals surface area contributed by atoms with Crippen molar-refractivity contribution in [2.75, 3.05) is 5.32 Å². The molecule has 4 rings (SSSR count). The molecule has 26 heavy (non-hydrogen) atoms. The second-order valence-electron chi connectivity index (χ2n) is 5.27. The van der Waals surface area contributed by atoms with Crippen molar-refractivity contribution in [2.24, 2.45) is 0 Å². The number of anilines is 1. The first kappa shape index (κ1) is 16.9. The summed E-state index contributed by atoms with van der Waals surface area (Å²) >= 11 is 8.87. The summed E-state index contributed by atoms with van der Waals surface area (Å²) in [5.41, 5.74) is 1.09. The number of halogens is 1. The van der Waals surface area contributed by atoms with Gasteiger partial charge in [-0.2, -0.15) is 4.98 Å². The lowest BCUT2D eigenvalue weighted by Crippen LogP contribution is -2.12. The molecule has 130 valence electrons. The Labute approximate surface area is 161 Å². The lowest BCUT2D eigenvalue weighted by Gasteiger charge is -2.03. The topological polar surface area (TPSA) is 80.9 Å². The minimum Gasteiger partial charge on any atom is -0.333 e. The molecule has 0 saturated heterocycles. The lowest BCUT2D eigenvalue weighted by atomic mass is 10.2. The first-order valence-electron chi connectivity index (χ1n) is 7.53. The molecule has 9 heteroatoms. The fourth-order valence-electron chi connectivity index (χ4n) is 2.28. The van der Waals surface area contributed by atoms with Crippen LogP contribution in [0.3, 0.4) is 0 Å². The first-order valence-corrected chi connectivity index (χ1v) is 9.60. The van der Waals surface area contributed by atoms with Crippen LogP contribution in [0.15, 0.2) is 46.3 Å². The smallest absolute Gasteiger partial charge is 0.270 e. The van der Waals surface area contributed by atoms with E-state index in [0.717, 1.165) is 9.75 Å². The fourth-order valence-corrected chi connectivity index (χ4v) is 4.03. The van der Waals surface area contributed by atoms with Crippen molar-refractivity contribution < 1.29 is 9.32 Å². The third-order valence-electron chi connectivity index (χ3n) is 3.50. The van der Waals surface area contributed by atoms with Crippen LogP contribution in [0.2, 0.25) is 5.02 Å². The van der Waals surface area contributed by atoms with Gasteiger partial charge in [0.05, 0.1) is 21.2 Å². The lowest BCUT2D eigenvalue weighted by molar-refractivity contribution is 0.102. The number of nitrogens with one attached hydrogen (secondary N) is 1. The monoisotopic (exact) mass is 402 g/mol. The molecule has 3 aromatic heterocycles. The maximum absolute atomic E-state index is 12.4. The van der Waals surface area contributed by atoms with Gasteiger partial charge in [-0.3, -0.25) is 10.1 Å². The molecular formula is C17H11ClN4O2S2. The molecule has 0 radical (unpaired) electrons. The fraction of sp³-hybridized carbons (Fsp3) is 0.0588. The molecule has 1 aromatic carbocycles. The Balaban J connectivity index is 1.58. The normalized spacial score (nSPS) is 10.8. The molecule has 3 heterocycles. The van der Waals surface area contributed by atoms with Gasteiger partial charge in [0.1, 0.15) is 4.88 Å². The predicted octanol–water partition coefficient (Wildman–Crippen LogP) is 5.14. The molecule has 6 nitrogen and oxygen atoms in total. The van der Waals surface area contributed by atoms with E-state index < -0.39 is 0 Å². The Morgan fingerprint density at radius 2 is 2.04 bits per heavy atom. The van der Waals surface area contributed by atoms with Gasteiger partial charge in [0.2, 0.25) is 5.82 Å². The quantitative estimate of drug-likeness (QED) is 0.511. The third-order valence-corrected chi connectivity index (χ3v) is 5.75. The van der Waals surface area contributed by atoms with E-state index in [1.165, 1.54) is 22.7 Å². The van der Waals surface area contributed by atoms with E-state index in [4.69, 9.17) is 16.1 Å². The van der Waals surface area contributed by atoms with Crippen molar-refractivity contribution in [1.82, 2.24) is 15.1 Å². The Bertz CT molecular complexity index is 1070. The summed E-state index contributed by atoms with van der Waals surface area (Å²) in [6, 6.07) is 10.7. The number of aromatic nitrogens is 3. The second kappa shape index (κ2) is 6.99. The molecule has 0 fully saturated rings. The van der Waals surface area contributed by atoms with Gasteiger partial charge < -0.3 is 4.52 Å². The second-order valence-corrected chi connectivity index (χ2v) is 7.62. The van der Waals surface area contributed by atoms with Crippen molar-refractivity contribution in [2.45, 2.75) is 6.92 Å². The third kappa shape index (κ3) is 3.26. The number of rotatable bonds is 4. The van der Waals surface area contributed by atoms with Crippen molar-refractivity contribution in [3.63, 3.8) is 0 Å². The van der Waals surface area contributed by atoms with E-state index in [-0.39, 0.29) is 5.91 Å². The van der Waals surface area contributed by atoms with Crippen molar-refractivity contribution in [1.29, 1.82) is 0 Å².